The number of nitrogens with one attached hydrogen (secondary N) is 2. The maximum Gasteiger partial charge on any atom is 0.326 e. The lowest BCUT2D eigenvalue weighted by Crippen LogP contribution is -2.21. The van der Waals surface area contributed by atoms with Crippen LogP contribution in [-0.4, -0.2) is 17.1 Å². The highest BCUT2D eigenvalue weighted by atomic mass is 19.1. The van der Waals surface area contributed by atoms with Gasteiger partial charge in [-0.15, -0.1) is 0 Å². The number of halogens is 1. The molecule has 2 rings (SSSR count). The van der Waals surface area contributed by atoms with E-state index in [4.69, 9.17) is 4.74 Å². The van der Waals surface area contributed by atoms with E-state index < -0.39 is 17.1 Å². The lowest BCUT2D eigenvalue weighted by molar-refractivity contribution is 0.387. The minimum Gasteiger partial charge on any atom is -0.494 e. The third kappa shape index (κ3) is 1.50. The average molecular weight is 210 g/mol. The molecule has 0 aliphatic rings. The topological polar surface area (TPSA) is 75.0 Å². The van der Waals surface area contributed by atoms with Crippen molar-refractivity contribution in [3.63, 3.8) is 0 Å². The Morgan fingerprint density at radius 2 is 2.00 bits per heavy atom. The number of ether oxygens (including phenoxy) is 1. The number of aromatic amines is 2. The Balaban J connectivity index is 2.94. The van der Waals surface area contributed by atoms with E-state index >= 15 is 0 Å². The van der Waals surface area contributed by atoms with Gasteiger partial charge in [-0.2, -0.15) is 0 Å². The zero-order valence-corrected chi connectivity index (χ0v) is 7.76. The second kappa shape index (κ2) is 3.23. The van der Waals surface area contributed by atoms with Crippen molar-refractivity contribution in [3.05, 3.63) is 38.8 Å². The van der Waals surface area contributed by atoms with Crippen molar-refractivity contribution in [1.29, 1.82) is 0 Å². The van der Waals surface area contributed by atoms with E-state index in [-0.39, 0.29) is 16.7 Å². The molecule has 1 heterocycles. The highest BCUT2D eigenvalue weighted by Crippen LogP contribution is 2.20. The number of hydrogen-bond acceptors (Lipinski definition) is 3. The maximum absolute atomic E-state index is 13.2. The molecule has 0 saturated carbocycles. The van der Waals surface area contributed by atoms with Crippen LogP contribution in [0.1, 0.15) is 0 Å². The van der Waals surface area contributed by atoms with Gasteiger partial charge in [-0.1, -0.05) is 0 Å². The highest BCUT2D eigenvalue weighted by Gasteiger charge is 2.07. The summed E-state index contributed by atoms with van der Waals surface area (Å²) in [6.45, 7) is 0. The third-order valence-corrected chi connectivity index (χ3v) is 2.01. The average Bonchev–Trinajstić information content (AvgIpc) is 2.16. The molecule has 0 radical (unpaired) electrons. The van der Waals surface area contributed by atoms with E-state index in [9.17, 15) is 14.0 Å². The summed E-state index contributed by atoms with van der Waals surface area (Å²) < 4.78 is 17.9. The van der Waals surface area contributed by atoms with E-state index in [1.165, 1.54) is 13.2 Å². The van der Waals surface area contributed by atoms with Crippen LogP contribution in [-0.2, 0) is 0 Å². The summed E-state index contributed by atoms with van der Waals surface area (Å²) in [5, 5.41) is 0.174. The molecule has 0 fully saturated rings. The van der Waals surface area contributed by atoms with Gasteiger partial charge < -0.3 is 9.72 Å². The fourth-order valence-corrected chi connectivity index (χ4v) is 1.33. The van der Waals surface area contributed by atoms with Crippen molar-refractivity contribution < 1.29 is 9.13 Å². The molecular weight excluding hydrogens is 203 g/mol. The number of benzene rings is 1. The minimum atomic E-state index is -0.669. The Hall–Kier alpha value is -2.11. The first-order valence-electron chi connectivity index (χ1n) is 4.11. The van der Waals surface area contributed by atoms with Crippen LogP contribution >= 0.6 is 0 Å². The molecule has 2 aromatic rings. The van der Waals surface area contributed by atoms with Crippen LogP contribution in [0.3, 0.4) is 0 Å². The van der Waals surface area contributed by atoms with Gasteiger partial charge in [-0.3, -0.25) is 9.78 Å². The summed E-state index contributed by atoms with van der Waals surface area (Å²) in [6.07, 6.45) is 0. The van der Waals surface area contributed by atoms with E-state index in [0.29, 0.717) is 0 Å². The molecule has 5 nitrogen and oxygen atoms in total. The standard InChI is InChI=1S/C9H7FN2O3/c1-15-7-2-4-6(3-5(7)10)11-9(14)12-8(4)13/h2-3H,1H3,(H2,11,12,13,14). The van der Waals surface area contributed by atoms with Crippen molar-refractivity contribution in [3.8, 4) is 5.75 Å². The summed E-state index contributed by atoms with van der Waals surface area (Å²) in [5.41, 5.74) is -1.11. The number of methoxy groups -OCH3 is 1. The van der Waals surface area contributed by atoms with Crippen LogP contribution in [0.25, 0.3) is 10.9 Å². The second-order valence-electron chi connectivity index (χ2n) is 2.94. The molecule has 0 bridgehead atoms. The Morgan fingerprint density at radius 1 is 1.27 bits per heavy atom. The summed E-state index contributed by atoms with van der Waals surface area (Å²) >= 11 is 0. The van der Waals surface area contributed by atoms with Gasteiger partial charge >= 0.3 is 5.69 Å². The van der Waals surface area contributed by atoms with Gasteiger partial charge in [-0.05, 0) is 6.07 Å². The number of fused-ring (bicyclic) bond motifs is 1. The molecular formula is C9H7FN2O3. The predicted octanol–water partition coefficient (Wildman–Crippen LogP) is 0.364. The molecule has 0 amide bonds. The van der Waals surface area contributed by atoms with Gasteiger partial charge in [0.25, 0.3) is 5.56 Å². The van der Waals surface area contributed by atoms with Crippen LogP contribution in [0, 0.1) is 5.82 Å². The number of aromatic nitrogens is 2. The normalized spacial score (nSPS) is 10.5. The number of rotatable bonds is 1. The molecule has 15 heavy (non-hydrogen) atoms. The van der Waals surface area contributed by atoms with Crippen molar-refractivity contribution >= 4 is 10.9 Å². The van der Waals surface area contributed by atoms with Crippen LogP contribution in [0.2, 0.25) is 0 Å². The largest absolute Gasteiger partial charge is 0.494 e. The first kappa shape index (κ1) is 9.45. The van der Waals surface area contributed by atoms with Crippen molar-refractivity contribution in [2.24, 2.45) is 0 Å². The smallest absolute Gasteiger partial charge is 0.326 e. The molecule has 6 heteroatoms. The monoisotopic (exact) mass is 210 g/mol. The van der Waals surface area contributed by atoms with Gasteiger partial charge in [0.15, 0.2) is 11.6 Å². The Morgan fingerprint density at radius 3 is 2.67 bits per heavy atom. The van der Waals surface area contributed by atoms with Gasteiger partial charge in [0.1, 0.15) is 0 Å². The van der Waals surface area contributed by atoms with E-state index in [1.54, 1.807) is 0 Å². The molecule has 0 aliphatic heterocycles. The fraction of sp³-hybridized carbons (Fsp3) is 0.111. The SMILES string of the molecule is COc1cc2c(=O)[nH]c(=O)[nH]c2cc1F. The molecule has 0 unspecified atom stereocenters. The summed E-state index contributed by atoms with van der Waals surface area (Å²) in [7, 11) is 1.30. The molecule has 1 aromatic carbocycles. The zero-order chi connectivity index (χ0) is 11.0. The molecule has 2 N–H and O–H groups in total. The quantitative estimate of drug-likeness (QED) is 0.713. The number of H-pyrrole nitrogens is 2. The second-order valence-corrected chi connectivity index (χ2v) is 2.94. The number of hydrogen-bond donors (Lipinski definition) is 2. The summed E-state index contributed by atoms with van der Waals surface area (Å²) in [4.78, 5) is 26.6. The fourth-order valence-electron chi connectivity index (χ4n) is 1.33. The van der Waals surface area contributed by atoms with Gasteiger partial charge in [-0.25, -0.2) is 9.18 Å². The van der Waals surface area contributed by atoms with Gasteiger partial charge in [0, 0.05) is 6.07 Å². The summed E-state index contributed by atoms with van der Waals surface area (Å²) in [5.74, 6) is -0.675. The van der Waals surface area contributed by atoms with Gasteiger partial charge in [0.05, 0.1) is 18.0 Å². The molecule has 0 aliphatic carbocycles. The lowest BCUT2D eigenvalue weighted by Gasteiger charge is -2.02. The molecule has 0 atom stereocenters. The minimum absolute atomic E-state index is 0.0416. The molecule has 78 valence electrons. The Bertz CT molecular complexity index is 629. The molecule has 0 spiro atoms. The molecule has 1 aromatic heterocycles. The van der Waals surface area contributed by atoms with Crippen LogP contribution in [0.5, 0.6) is 5.75 Å². The van der Waals surface area contributed by atoms with Crippen molar-refractivity contribution in [2.45, 2.75) is 0 Å². The van der Waals surface area contributed by atoms with Crippen LogP contribution in [0.4, 0.5) is 4.39 Å². The van der Waals surface area contributed by atoms with Crippen molar-refractivity contribution in [2.75, 3.05) is 7.11 Å². The van der Waals surface area contributed by atoms with Crippen LogP contribution in [0.15, 0.2) is 21.7 Å². The lowest BCUT2D eigenvalue weighted by atomic mass is 10.2. The van der Waals surface area contributed by atoms with Crippen molar-refractivity contribution in [1.82, 2.24) is 9.97 Å². The first-order chi connectivity index (χ1) is 7.11. The Labute approximate surface area is 82.5 Å². The highest BCUT2D eigenvalue weighted by molar-refractivity contribution is 5.78. The predicted molar refractivity (Wildman–Crippen MR) is 51.7 cm³/mol. The van der Waals surface area contributed by atoms with E-state index in [0.717, 1.165) is 6.07 Å². The molecule has 0 saturated heterocycles. The maximum atomic E-state index is 13.2. The zero-order valence-electron chi connectivity index (χ0n) is 7.76. The van der Waals surface area contributed by atoms with Gasteiger partial charge in [0.2, 0.25) is 0 Å². The summed E-state index contributed by atoms with van der Waals surface area (Å²) in [6, 6.07) is 2.28. The van der Waals surface area contributed by atoms with E-state index in [2.05, 4.69) is 4.98 Å². The first-order valence-corrected chi connectivity index (χ1v) is 4.11. The third-order valence-electron chi connectivity index (χ3n) is 2.01. The Kier molecular flexibility index (Phi) is 2.03. The van der Waals surface area contributed by atoms with Crippen LogP contribution < -0.4 is 16.0 Å². The van der Waals surface area contributed by atoms with E-state index in [1.807, 2.05) is 4.98 Å².